The highest BCUT2D eigenvalue weighted by Gasteiger charge is 2.24. The number of aryl methyl sites for hydroxylation is 1. The van der Waals surface area contributed by atoms with E-state index in [1.54, 1.807) is 0 Å². The van der Waals surface area contributed by atoms with Crippen LogP contribution in [0.25, 0.3) is 0 Å². The van der Waals surface area contributed by atoms with Gasteiger partial charge in [0.15, 0.2) is 0 Å². The first-order chi connectivity index (χ1) is 7.77. The highest BCUT2D eigenvalue weighted by molar-refractivity contribution is 6.20. The molecule has 1 N–H and O–H groups in total. The van der Waals surface area contributed by atoms with Crippen molar-refractivity contribution in [1.29, 1.82) is 0 Å². The van der Waals surface area contributed by atoms with Crippen LogP contribution in [0.15, 0.2) is 12.4 Å². The van der Waals surface area contributed by atoms with E-state index in [0.29, 0.717) is 11.3 Å². The van der Waals surface area contributed by atoms with Gasteiger partial charge in [0.1, 0.15) is 5.82 Å². The van der Waals surface area contributed by atoms with Crippen LogP contribution in [0.1, 0.15) is 25.1 Å². The van der Waals surface area contributed by atoms with Crippen LogP contribution >= 0.6 is 11.6 Å². The minimum atomic E-state index is 0.390. The van der Waals surface area contributed by atoms with Gasteiger partial charge in [0, 0.05) is 37.8 Å². The molecule has 1 aromatic rings. The summed E-state index contributed by atoms with van der Waals surface area (Å²) in [6, 6.07) is 0. The predicted octanol–water partition coefficient (Wildman–Crippen LogP) is 1.96. The minimum Gasteiger partial charge on any atom is -0.338 e. The van der Waals surface area contributed by atoms with Gasteiger partial charge in [-0.3, -0.25) is 0 Å². The lowest BCUT2D eigenvalue weighted by Gasteiger charge is -2.14. The van der Waals surface area contributed by atoms with E-state index in [1.165, 1.54) is 19.3 Å². The molecule has 0 radical (unpaired) electrons. The summed E-state index contributed by atoms with van der Waals surface area (Å²) >= 11 is 6.23. The Labute approximate surface area is 102 Å². The smallest absolute Gasteiger partial charge is 0.109 e. The Morgan fingerprint density at radius 1 is 1.56 bits per heavy atom. The maximum absolute atomic E-state index is 6.23. The second kappa shape index (κ2) is 5.69. The molecule has 4 heteroatoms. The standard InChI is InChI=1S/C12H20ClN3/c1-16-8-7-15-12(16)5-6-14-9-10-3-2-4-11(10)13/h7-8,10-11,14H,2-6,9H2,1H3. The van der Waals surface area contributed by atoms with E-state index in [4.69, 9.17) is 11.6 Å². The highest BCUT2D eigenvalue weighted by atomic mass is 35.5. The molecule has 2 unspecified atom stereocenters. The number of hydrogen-bond donors (Lipinski definition) is 1. The number of nitrogens with zero attached hydrogens (tertiary/aromatic N) is 2. The van der Waals surface area contributed by atoms with Crippen molar-refractivity contribution in [2.75, 3.05) is 13.1 Å². The zero-order valence-corrected chi connectivity index (χ0v) is 10.6. The fourth-order valence-corrected chi connectivity index (χ4v) is 2.72. The van der Waals surface area contributed by atoms with Crippen molar-refractivity contribution in [2.24, 2.45) is 13.0 Å². The molecule has 0 aliphatic heterocycles. The second-order valence-corrected chi connectivity index (χ2v) is 5.18. The van der Waals surface area contributed by atoms with E-state index < -0.39 is 0 Å². The molecule has 1 aliphatic rings. The lowest BCUT2D eigenvalue weighted by molar-refractivity contribution is 0.493. The third-order valence-corrected chi connectivity index (χ3v) is 3.99. The Balaban J connectivity index is 1.63. The average molecular weight is 242 g/mol. The van der Waals surface area contributed by atoms with Crippen molar-refractivity contribution in [3.63, 3.8) is 0 Å². The summed E-state index contributed by atoms with van der Waals surface area (Å²) in [6.45, 7) is 2.05. The van der Waals surface area contributed by atoms with E-state index in [2.05, 4.69) is 14.9 Å². The van der Waals surface area contributed by atoms with Gasteiger partial charge in [-0.2, -0.15) is 0 Å². The first kappa shape index (κ1) is 11.9. The number of rotatable bonds is 5. The quantitative estimate of drug-likeness (QED) is 0.631. The fraction of sp³-hybridized carbons (Fsp3) is 0.750. The first-order valence-corrected chi connectivity index (χ1v) is 6.52. The maximum Gasteiger partial charge on any atom is 0.109 e. The molecule has 2 atom stereocenters. The van der Waals surface area contributed by atoms with Gasteiger partial charge in [-0.1, -0.05) is 6.42 Å². The number of nitrogens with one attached hydrogen (secondary N) is 1. The SMILES string of the molecule is Cn1ccnc1CCNCC1CCCC1Cl. The fourth-order valence-electron chi connectivity index (χ4n) is 2.35. The summed E-state index contributed by atoms with van der Waals surface area (Å²) in [7, 11) is 2.04. The van der Waals surface area contributed by atoms with Crippen molar-refractivity contribution in [1.82, 2.24) is 14.9 Å². The van der Waals surface area contributed by atoms with Gasteiger partial charge in [0.25, 0.3) is 0 Å². The number of aromatic nitrogens is 2. The van der Waals surface area contributed by atoms with Crippen LogP contribution in [0.3, 0.4) is 0 Å². The van der Waals surface area contributed by atoms with E-state index in [0.717, 1.165) is 25.3 Å². The molecule has 1 saturated carbocycles. The first-order valence-electron chi connectivity index (χ1n) is 6.08. The van der Waals surface area contributed by atoms with Gasteiger partial charge in [-0.05, 0) is 25.3 Å². The predicted molar refractivity (Wildman–Crippen MR) is 66.8 cm³/mol. The Hall–Kier alpha value is -0.540. The van der Waals surface area contributed by atoms with Gasteiger partial charge >= 0.3 is 0 Å². The van der Waals surface area contributed by atoms with E-state index in [1.807, 2.05) is 19.4 Å². The van der Waals surface area contributed by atoms with Crippen LogP contribution < -0.4 is 5.32 Å². The average Bonchev–Trinajstić information content (AvgIpc) is 2.84. The topological polar surface area (TPSA) is 29.9 Å². The van der Waals surface area contributed by atoms with E-state index in [9.17, 15) is 0 Å². The summed E-state index contributed by atoms with van der Waals surface area (Å²) in [4.78, 5) is 4.30. The molecule has 16 heavy (non-hydrogen) atoms. The zero-order chi connectivity index (χ0) is 11.4. The molecule has 0 bridgehead atoms. The van der Waals surface area contributed by atoms with Crippen LogP contribution in [-0.4, -0.2) is 28.0 Å². The molecule has 1 aromatic heterocycles. The van der Waals surface area contributed by atoms with Crippen LogP contribution in [0.2, 0.25) is 0 Å². The zero-order valence-electron chi connectivity index (χ0n) is 9.82. The van der Waals surface area contributed by atoms with Crippen LogP contribution in [0, 0.1) is 5.92 Å². The highest BCUT2D eigenvalue weighted by Crippen LogP contribution is 2.29. The summed E-state index contributed by atoms with van der Waals surface area (Å²) in [6.07, 6.45) is 8.59. The number of halogens is 1. The summed E-state index contributed by atoms with van der Waals surface area (Å²) < 4.78 is 2.07. The van der Waals surface area contributed by atoms with Gasteiger partial charge in [-0.15, -0.1) is 11.6 Å². The molecule has 1 fully saturated rings. The molecule has 0 aromatic carbocycles. The lowest BCUT2D eigenvalue weighted by atomic mass is 10.1. The molecule has 0 amide bonds. The summed E-state index contributed by atoms with van der Waals surface area (Å²) in [5, 5.41) is 3.87. The number of alkyl halides is 1. The van der Waals surface area contributed by atoms with Crippen molar-refractivity contribution < 1.29 is 0 Å². The molecule has 0 saturated heterocycles. The minimum absolute atomic E-state index is 0.390. The Morgan fingerprint density at radius 3 is 3.06 bits per heavy atom. The second-order valence-electron chi connectivity index (χ2n) is 4.62. The normalized spacial score (nSPS) is 25.1. The monoisotopic (exact) mass is 241 g/mol. The van der Waals surface area contributed by atoms with Crippen LogP contribution in [0.4, 0.5) is 0 Å². The van der Waals surface area contributed by atoms with Gasteiger partial charge < -0.3 is 9.88 Å². The summed E-state index contributed by atoms with van der Waals surface area (Å²) in [5.41, 5.74) is 0. The molecular formula is C12H20ClN3. The Kier molecular flexibility index (Phi) is 4.24. The molecule has 90 valence electrons. The van der Waals surface area contributed by atoms with E-state index >= 15 is 0 Å². The van der Waals surface area contributed by atoms with Crippen molar-refractivity contribution in [3.8, 4) is 0 Å². The van der Waals surface area contributed by atoms with E-state index in [-0.39, 0.29) is 0 Å². The Bertz CT molecular complexity index is 324. The third-order valence-electron chi connectivity index (χ3n) is 3.42. The molecule has 2 rings (SSSR count). The molecule has 0 spiro atoms. The Morgan fingerprint density at radius 2 is 2.44 bits per heavy atom. The van der Waals surface area contributed by atoms with Crippen molar-refractivity contribution in [2.45, 2.75) is 31.1 Å². The third kappa shape index (κ3) is 2.98. The largest absolute Gasteiger partial charge is 0.338 e. The van der Waals surface area contributed by atoms with Crippen molar-refractivity contribution in [3.05, 3.63) is 18.2 Å². The summed E-state index contributed by atoms with van der Waals surface area (Å²) in [5.74, 6) is 1.81. The molecule has 3 nitrogen and oxygen atoms in total. The number of hydrogen-bond acceptors (Lipinski definition) is 2. The molecule has 1 heterocycles. The van der Waals surface area contributed by atoms with Gasteiger partial charge in [0.05, 0.1) is 0 Å². The van der Waals surface area contributed by atoms with Gasteiger partial charge in [-0.25, -0.2) is 4.98 Å². The van der Waals surface area contributed by atoms with Crippen LogP contribution in [0.5, 0.6) is 0 Å². The van der Waals surface area contributed by atoms with Crippen LogP contribution in [-0.2, 0) is 13.5 Å². The van der Waals surface area contributed by atoms with Crippen molar-refractivity contribution >= 4 is 11.6 Å². The maximum atomic E-state index is 6.23. The van der Waals surface area contributed by atoms with Gasteiger partial charge in [0.2, 0.25) is 0 Å². The molecule has 1 aliphatic carbocycles. The lowest BCUT2D eigenvalue weighted by Crippen LogP contribution is -2.27. The number of imidazole rings is 1. The molecular weight excluding hydrogens is 222 g/mol.